The first-order valence-electron chi connectivity index (χ1n) is 8.72. The number of carbonyl (C=O) groups is 1. The van der Waals surface area contributed by atoms with Crippen LogP contribution >= 0.6 is 0 Å². The van der Waals surface area contributed by atoms with Gasteiger partial charge in [-0.15, -0.1) is 0 Å². The van der Waals surface area contributed by atoms with Gasteiger partial charge < -0.3 is 5.32 Å². The predicted molar refractivity (Wildman–Crippen MR) is 95.0 cm³/mol. The van der Waals surface area contributed by atoms with Gasteiger partial charge in [0.15, 0.2) is 0 Å². The van der Waals surface area contributed by atoms with Crippen LogP contribution in [-0.4, -0.2) is 23.9 Å². The molecule has 1 N–H and O–H groups in total. The summed E-state index contributed by atoms with van der Waals surface area (Å²) in [5.74, 6) is -0.762. The molecular weight excluding hydrogens is 341 g/mol. The molecule has 1 aliphatic heterocycles. The number of hydrogen-bond acceptors (Lipinski definition) is 2. The van der Waals surface area contributed by atoms with Crippen LogP contribution in [0, 0.1) is 0 Å². The minimum absolute atomic E-state index is 0.377. The van der Waals surface area contributed by atoms with Crippen LogP contribution in [0.25, 0.3) is 0 Å². The smallest absolute Gasteiger partial charge is 0.322 e. The molecule has 3 nitrogen and oxygen atoms in total. The van der Waals surface area contributed by atoms with Crippen LogP contribution in [0.5, 0.6) is 0 Å². The maximum atomic E-state index is 13.0. The van der Waals surface area contributed by atoms with Gasteiger partial charge in [0.05, 0.1) is 11.1 Å². The molecule has 1 amide bonds. The molecule has 1 aliphatic rings. The third kappa shape index (κ3) is 4.64. The number of anilines is 1. The van der Waals surface area contributed by atoms with E-state index in [0.717, 1.165) is 31.3 Å². The summed E-state index contributed by atoms with van der Waals surface area (Å²) in [6, 6.07) is 12.1. The minimum atomic E-state index is -4.56. The van der Waals surface area contributed by atoms with Crippen molar-refractivity contribution >= 4 is 11.6 Å². The summed E-state index contributed by atoms with van der Waals surface area (Å²) in [6.07, 6.45) is -0.855. The van der Waals surface area contributed by atoms with E-state index in [1.54, 1.807) is 12.1 Å². The molecule has 26 heavy (non-hydrogen) atoms. The fourth-order valence-electron chi connectivity index (χ4n) is 3.20. The topological polar surface area (TPSA) is 32.3 Å². The molecule has 2 aromatic carbocycles. The number of piperidine rings is 1. The number of alkyl halides is 3. The van der Waals surface area contributed by atoms with Crippen LogP contribution in [0.2, 0.25) is 0 Å². The number of halogens is 3. The highest BCUT2D eigenvalue weighted by molar-refractivity contribution is 6.05. The standard InChI is InChI=1S/C20H21F3N2O/c21-20(22,23)18-7-3-2-6-17(18)19(26)24-16-10-8-15(9-11-16)14-25-12-4-1-5-13-25/h2-3,6-11H,1,4-5,12-14H2,(H,24,26). The molecule has 3 rings (SSSR count). The molecule has 2 aromatic rings. The Kier molecular flexibility index (Phi) is 5.61. The van der Waals surface area contributed by atoms with Crippen LogP contribution < -0.4 is 5.32 Å². The van der Waals surface area contributed by atoms with Gasteiger partial charge in [-0.25, -0.2) is 0 Å². The maximum absolute atomic E-state index is 13.0. The number of amides is 1. The Balaban J connectivity index is 1.67. The third-order valence-corrected chi connectivity index (χ3v) is 4.54. The van der Waals surface area contributed by atoms with Crippen molar-refractivity contribution in [3.05, 3.63) is 65.2 Å². The number of hydrogen-bond donors (Lipinski definition) is 1. The predicted octanol–water partition coefficient (Wildman–Crippen LogP) is 4.94. The Morgan fingerprint density at radius 3 is 2.27 bits per heavy atom. The summed E-state index contributed by atoms with van der Waals surface area (Å²) in [7, 11) is 0. The number of nitrogens with one attached hydrogen (secondary N) is 1. The van der Waals surface area contributed by atoms with Gasteiger partial charge in [0, 0.05) is 12.2 Å². The van der Waals surface area contributed by atoms with Gasteiger partial charge in [0.1, 0.15) is 0 Å². The summed E-state index contributed by atoms with van der Waals surface area (Å²) < 4.78 is 39.1. The SMILES string of the molecule is O=C(Nc1ccc(CN2CCCCC2)cc1)c1ccccc1C(F)(F)F. The van der Waals surface area contributed by atoms with Gasteiger partial charge in [0.25, 0.3) is 5.91 Å². The van der Waals surface area contributed by atoms with E-state index in [1.165, 1.54) is 37.5 Å². The van der Waals surface area contributed by atoms with E-state index in [4.69, 9.17) is 0 Å². The van der Waals surface area contributed by atoms with Crippen molar-refractivity contribution in [1.29, 1.82) is 0 Å². The molecule has 138 valence electrons. The van der Waals surface area contributed by atoms with E-state index in [0.29, 0.717) is 5.69 Å². The Hall–Kier alpha value is -2.34. The summed E-state index contributed by atoms with van der Waals surface area (Å²) in [4.78, 5) is 14.6. The second kappa shape index (κ2) is 7.91. The normalized spacial score (nSPS) is 15.7. The molecule has 0 radical (unpaired) electrons. The van der Waals surface area contributed by atoms with Gasteiger partial charge in [-0.3, -0.25) is 9.69 Å². The van der Waals surface area contributed by atoms with E-state index in [-0.39, 0.29) is 5.56 Å². The van der Waals surface area contributed by atoms with Crippen molar-refractivity contribution in [2.75, 3.05) is 18.4 Å². The van der Waals surface area contributed by atoms with Crippen LogP contribution in [-0.2, 0) is 12.7 Å². The van der Waals surface area contributed by atoms with Gasteiger partial charge in [-0.05, 0) is 55.8 Å². The molecule has 1 saturated heterocycles. The fraction of sp³-hybridized carbons (Fsp3) is 0.350. The maximum Gasteiger partial charge on any atom is 0.417 e. The lowest BCUT2D eigenvalue weighted by Crippen LogP contribution is -2.29. The summed E-state index contributed by atoms with van der Waals surface area (Å²) in [5.41, 5.74) is 0.298. The molecule has 0 saturated carbocycles. The van der Waals surface area contributed by atoms with Gasteiger partial charge in [-0.1, -0.05) is 30.7 Å². The highest BCUT2D eigenvalue weighted by Gasteiger charge is 2.34. The van der Waals surface area contributed by atoms with E-state index in [9.17, 15) is 18.0 Å². The quantitative estimate of drug-likeness (QED) is 0.835. The lowest BCUT2D eigenvalue weighted by Gasteiger charge is -2.26. The van der Waals surface area contributed by atoms with Crippen molar-refractivity contribution < 1.29 is 18.0 Å². The highest BCUT2D eigenvalue weighted by atomic mass is 19.4. The molecular formula is C20H21F3N2O. The van der Waals surface area contributed by atoms with Crippen molar-refractivity contribution in [1.82, 2.24) is 4.90 Å². The first-order valence-corrected chi connectivity index (χ1v) is 8.72. The monoisotopic (exact) mass is 362 g/mol. The van der Waals surface area contributed by atoms with Crippen molar-refractivity contribution in [2.24, 2.45) is 0 Å². The van der Waals surface area contributed by atoms with E-state index in [1.807, 2.05) is 12.1 Å². The van der Waals surface area contributed by atoms with Crippen molar-refractivity contribution in [3.8, 4) is 0 Å². The summed E-state index contributed by atoms with van der Waals surface area (Å²) >= 11 is 0. The second-order valence-electron chi connectivity index (χ2n) is 6.53. The number of likely N-dealkylation sites (tertiary alicyclic amines) is 1. The third-order valence-electron chi connectivity index (χ3n) is 4.54. The molecule has 0 bridgehead atoms. The minimum Gasteiger partial charge on any atom is -0.322 e. The van der Waals surface area contributed by atoms with Crippen LogP contribution in [0.4, 0.5) is 18.9 Å². The largest absolute Gasteiger partial charge is 0.417 e. The van der Waals surface area contributed by atoms with E-state index in [2.05, 4.69) is 10.2 Å². The van der Waals surface area contributed by atoms with Gasteiger partial charge in [-0.2, -0.15) is 13.2 Å². The van der Waals surface area contributed by atoms with Crippen LogP contribution in [0.1, 0.15) is 40.7 Å². The van der Waals surface area contributed by atoms with Crippen molar-refractivity contribution in [3.63, 3.8) is 0 Å². The van der Waals surface area contributed by atoms with E-state index >= 15 is 0 Å². The highest BCUT2D eigenvalue weighted by Crippen LogP contribution is 2.32. The van der Waals surface area contributed by atoms with Gasteiger partial charge >= 0.3 is 6.18 Å². The zero-order valence-corrected chi connectivity index (χ0v) is 14.4. The number of benzene rings is 2. The summed E-state index contributed by atoms with van der Waals surface area (Å²) in [6.45, 7) is 3.03. The summed E-state index contributed by atoms with van der Waals surface area (Å²) in [5, 5.41) is 2.55. The first kappa shape index (κ1) is 18.5. The second-order valence-corrected chi connectivity index (χ2v) is 6.53. The lowest BCUT2D eigenvalue weighted by atomic mass is 10.1. The van der Waals surface area contributed by atoms with Crippen molar-refractivity contribution in [2.45, 2.75) is 32.0 Å². The van der Waals surface area contributed by atoms with Crippen LogP contribution in [0.3, 0.4) is 0 Å². The molecule has 1 fully saturated rings. The van der Waals surface area contributed by atoms with Gasteiger partial charge in [0.2, 0.25) is 0 Å². The molecule has 1 heterocycles. The molecule has 0 aromatic heterocycles. The van der Waals surface area contributed by atoms with Crippen LogP contribution in [0.15, 0.2) is 48.5 Å². The Labute approximate surface area is 150 Å². The molecule has 0 unspecified atom stereocenters. The average molecular weight is 362 g/mol. The molecule has 0 atom stereocenters. The fourth-order valence-corrected chi connectivity index (χ4v) is 3.20. The lowest BCUT2D eigenvalue weighted by molar-refractivity contribution is -0.137. The Bertz CT molecular complexity index is 750. The zero-order valence-electron chi connectivity index (χ0n) is 14.4. The first-order chi connectivity index (χ1) is 12.4. The van der Waals surface area contributed by atoms with E-state index < -0.39 is 17.6 Å². The number of nitrogens with zero attached hydrogens (tertiary/aromatic N) is 1. The molecule has 0 aliphatic carbocycles. The zero-order chi connectivity index (χ0) is 18.6. The molecule has 0 spiro atoms. The Morgan fingerprint density at radius 1 is 0.962 bits per heavy atom. The number of rotatable bonds is 4. The number of carbonyl (C=O) groups excluding carboxylic acids is 1. The average Bonchev–Trinajstić information content (AvgIpc) is 2.63. The Morgan fingerprint density at radius 2 is 1.62 bits per heavy atom. The molecule has 6 heteroatoms.